The number of phenolic OH excluding ortho intramolecular Hbond substituents is 1. The van der Waals surface area contributed by atoms with Crippen molar-refractivity contribution in [2.75, 3.05) is 33.3 Å². The molecule has 1 atom stereocenters. The van der Waals surface area contributed by atoms with E-state index in [1.807, 2.05) is 6.07 Å². The van der Waals surface area contributed by atoms with Gasteiger partial charge in [0, 0.05) is 43.9 Å². The van der Waals surface area contributed by atoms with Crippen molar-refractivity contribution >= 4 is 0 Å². The van der Waals surface area contributed by atoms with Crippen molar-refractivity contribution < 1.29 is 9.84 Å². The van der Waals surface area contributed by atoms with E-state index in [-0.39, 0.29) is 5.75 Å². The minimum absolute atomic E-state index is 0.255. The van der Waals surface area contributed by atoms with Gasteiger partial charge in [-0.3, -0.25) is 4.90 Å². The molecule has 2 rings (SSSR count). The Morgan fingerprint density at radius 1 is 1.39 bits per heavy atom. The average Bonchev–Trinajstić information content (AvgIpc) is 2.42. The van der Waals surface area contributed by atoms with Crippen LogP contribution in [0, 0.1) is 0 Å². The lowest BCUT2D eigenvalue weighted by Crippen LogP contribution is -2.45. The molecule has 4 nitrogen and oxygen atoms in total. The topological polar surface area (TPSA) is 44.7 Å². The van der Waals surface area contributed by atoms with Gasteiger partial charge in [0.2, 0.25) is 0 Å². The van der Waals surface area contributed by atoms with Crippen LogP contribution in [-0.4, -0.2) is 43.3 Å². The molecular weight excluding hydrogens is 228 g/mol. The minimum atomic E-state index is 0.255. The van der Waals surface area contributed by atoms with Crippen LogP contribution >= 0.6 is 0 Å². The Hall–Kier alpha value is -1.26. The molecule has 100 valence electrons. The van der Waals surface area contributed by atoms with Crippen LogP contribution in [0.25, 0.3) is 0 Å². The summed E-state index contributed by atoms with van der Waals surface area (Å²) in [5.74, 6) is 1.03. The van der Waals surface area contributed by atoms with E-state index >= 15 is 0 Å². The fourth-order valence-corrected chi connectivity index (χ4v) is 2.64. The Morgan fingerprint density at radius 3 is 2.72 bits per heavy atom. The molecule has 1 aromatic rings. The molecule has 1 aliphatic heterocycles. The molecule has 1 heterocycles. The number of ether oxygens (including phenoxy) is 1. The van der Waals surface area contributed by atoms with Gasteiger partial charge in [-0.1, -0.05) is 13.0 Å². The van der Waals surface area contributed by atoms with Crippen LogP contribution in [-0.2, 0) is 0 Å². The molecule has 0 spiro atoms. The second-order valence-corrected chi connectivity index (χ2v) is 4.64. The van der Waals surface area contributed by atoms with Gasteiger partial charge < -0.3 is 15.2 Å². The van der Waals surface area contributed by atoms with Crippen LogP contribution in [0.1, 0.15) is 24.9 Å². The second kappa shape index (κ2) is 6.07. The molecule has 0 bridgehead atoms. The first-order chi connectivity index (χ1) is 8.76. The molecule has 1 aliphatic rings. The molecule has 0 unspecified atom stereocenters. The van der Waals surface area contributed by atoms with Gasteiger partial charge in [-0.15, -0.1) is 0 Å². The Labute approximate surface area is 109 Å². The third kappa shape index (κ3) is 2.76. The van der Waals surface area contributed by atoms with Crippen LogP contribution in [0.15, 0.2) is 18.2 Å². The second-order valence-electron chi connectivity index (χ2n) is 4.64. The van der Waals surface area contributed by atoms with E-state index in [4.69, 9.17) is 4.74 Å². The summed E-state index contributed by atoms with van der Waals surface area (Å²) in [6.07, 6.45) is 1.04. The predicted molar refractivity (Wildman–Crippen MR) is 72.1 cm³/mol. The maximum atomic E-state index is 9.53. The van der Waals surface area contributed by atoms with E-state index in [0.717, 1.165) is 38.3 Å². The van der Waals surface area contributed by atoms with Crippen LogP contribution < -0.4 is 10.1 Å². The number of hydrogen-bond acceptors (Lipinski definition) is 4. The van der Waals surface area contributed by atoms with E-state index in [1.165, 1.54) is 5.56 Å². The number of nitrogens with zero attached hydrogens (tertiary/aromatic N) is 1. The molecule has 0 aliphatic carbocycles. The lowest BCUT2D eigenvalue weighted by Gasteiger charge is -2.35. The van der Waals surface area contributed by atoms with Crippen molar-refractivity contribution in [3.05, 3.63) is 23.8 Å². The van der Waals surface area contributed by atoms with Crippen LogP contribution in [0.5, 0.6) is 11.5 Å². The van der Waals surface area contributed by atoms with Gasteiger partial charge in [0.1, 0.15) is 11.5 Å². The van der Waals surface area contributed by atoms with E-state index in [9.17, 15) is 5.11 Å². The van der Waals surface area contributed by atoms with Gasteiger partial charge in [-0.05, 0) is 12.5 Å². The lowest BCUT2D eigenvalue weighted by molar-refractivity contribution is 0.166. The highest BCUT2D eigenvalue weighted by atomic mass is 16.5. The summed E-state index contributed by atoms with van der Waals surface area (Å²) in [5.41, 5.74) is 1.17. The Morgan fingerprint density at radius 2 is 2.11 bits per heavy atom. The number of aromatic hydroxyl groups is 1. The molecule has 1 aromatic carbocycles. The lowest BCUT2D eigenvalue weighted by atomic mass is 10.0. The van der Waals surface area contributed by atoms with E-state index in [1.54, 1.807) is 19.2 Å². The van der Waals surface area contributed by atoms with Gasteiger partial charge in [-0.25, -0.2) is 0 Å². The summed E-state index contributed by atoms with van der Waals surface area (Å²) in [5, 5.41) is 12.9. The summed E-state index contributed by atoms with van der Waals surface area (Å²) in [7, 11) is 1.66. The smallest absolute Gasteiger partial charge is 0.127 e. The zero-order valence-electron chi connectivity index (χ0n) is 11.1. The van der Waals surface area contributed by atoms with Crippen molar-refractivity contribution in [2.45, 2.75) is 19.4 Å². The van der Waals surface area contributed by atoms with E-state index in [0.29, 0.717) is 6.04 Å². The highest BCUT2D eigenvalue weighted by molar-refractivity contribution is 5.42. The maximum Gasteiger partial charge on any atom is 0.127 e. The molecule has 1 saturated heterocycles. The van der Waals surface area contributed by atoms with Crippen LogP contribution in [0.3, 0.4) is 0 Å². The number of rotatable bonds is 4. The number of nitrogens with one attached hydrogen (secondary N) is 1. The summed E-state index contributed by atoms with van der Waals surface area (Å²) in [6, 6.07) is 5.77. The normalized spacial score (nSPS) is 18.6. The summed E-state index contributed by atoms with van der Waals surface area (Å²) < 4.78 is 5.40. The van der Waals surface area contributed by atoms with Gasteiger partial charge in [0.05, 0.1) is 7.11 Å². The molecule has 0 amide bonds. The Kier molecular flexibility index (Phi) is 4.44. The molecule has 0 saturated carbocycles. The number of hydrogen-bond donors (Lipinski definition) is 2. The SMILES string of the molecule is CC[C@H](c1ccc(O)cc1OC)N1CCNCC1. The summed E-state index contributed by atoms with van der Waals surface area (Å²) in [4.78, 5) is 2.48. The van der Waals surface area contributed by atoms with Crippen molar-refractivity contribution in [1.82, 2.24) is 10.2 Å². The third-order valence-corrected chi connectivity index (χ3v) is 3.56. The van der Waals surface area contributed by atoms with Gasteiger partial charge >= 0.3 is 0 Å². The van der Waals surface area contributed by atoms with Gasteiger partial charge in [-0.2, -0.15) is 0 Å². The van der Waals surface area contributed by atoms with Crippen molar-refractivity contribution in [2.24, 2.45) is 0 Å². The Bertz CT molecular complexity index is 389. The first-order valence-corrected chi connectivity index (χ1v) is 6.58. The molecule has 4 heteroatoms. The number of benzene rings is 1. The molecule has 0 radical (unpaired) electrons. The van der Waals surface area contributed by atoms with Crippen molar-refractivity contribution in [3.8, 4) is 11.5 Å². The largest absolute Gasteiger partial charge is 0.508 e. The predicted octanol–water partition coefficient (Wildman–Crippen LogP) is 1.76. The minimum Gasteiger partial charge on any atom is -0.508 e. The highest BCUT2D eigenvalue weighted by Crippen LogP contribution is 2.34. The Balaban J connectivity index is 2.25. The van der Waals surface area contributed by atoms with Crippen molar-refractivity contribution in [1.29, 1.82) is 0 Å². The quantitative estimate of drug-likeness (QED) is 0.854. The van der Waals surface area contributed by atoms with Gasteiger partial charge in [0.25, 0.3) is 0 Å². The van der Waals surface area contributed by atoms with E-state index in [2.05, 4.69) is 17.1 Å². The van der Waals surface area contributed by atoms with E-state index < -0.39 is 0 Å². The highest BCUT2D eigenvalue weighted by Gasteiger charge is 2.23. The number of piperazine rings is 1. The fourth-order valence-electron chi connectivity index (χ4n) is 2.64. The standard InChI is InChI=1S/C14H22N2O2/c1-3-13(16-8-6-15-7-9-16)12-5-4-11(17)10-14(12)18-2/h4-5,10,13,15,17H,3,6-9H2,1-2H3/t13-/m1/s1. The first kappa shape index (κ1) is 13.2. The summed E-state index contributed by atoms with van der Waals surface area (Å²) >= 11 is 0. The fraction of sp³-hybridized carbons (Fsp3) is 0.571. The van der Waals surface area contributed by atoms with Gasteiger partial charge in [0.15, 0.2) is 0 Å². The molecule has 18 heavy (non-hydrogen) atoms. The summed E-state index contributed by atoms with van der Waals surface area (Å²) in [6.45, 7) is 6.39. The zero-order chi connectivity index (χ0) is 13.0. The first-order valence-electron chi connectivity index (χ1n) is 6.58. The zero-order valence-corrected chi connectivity index (χ0v) is 11.1. The van der Waals surface area contributed by atoms with Crippen LogP contribution in [0.4, 0.5) is 0 Å². The maximum absolute atomic E-state index is 9.53. The third-order valence-electron chi connectivity index (χ3n) is 3.56. The monoisotopic (exact) mass is 250 g/mol. The van der Waals surface area contributed by atoms with Crippen LogP contribution in [0.2, 0.25) is 0 Å². The number of methoxy groups -OCH3 is 1. The molecule has 1 fully saturated rings. The molecule has 0 aromatic heterocycles. The molecular formula is C14H22N2O2. The molecule has 2 N–H and O–H groups in total. The average molecular weight is 250 g/mol. The number of phenols is 1. The van der Waals surface area contributed by atoms with Crippen molar-refractivity contribution in [3.63, 3.8) is 0 Å².